The highest BCUT2D eigenvalue weighted by atomic mass is 32.2. The van der Waals surface area contributed by atoms with Crippen molar-refractivity contribution in [3.05, 3.63) is 40.9 Å². The molecule has 2 rings (SSSR count). The Labute approximate surface area is 142 Å². The van der Waals surface area contributed by atoms with Crippen LogP contribution in [0.25, 0.3) is 0 Å². The van der Waals surface area contributed by atoms with E-state index in [9.17, 15) is 18.0 Å². The van der Waals surface area contributed by atoms with Crippen molar-refractivity contribution in [2.75, 3.05) is 18.2 Å². The number of carbonyl (C=O) groups is 2. The number of aromatic nitrogens is 1. The summed E-state index contributed by atoms with van der Waals surface area (Å²) in [5, 5.41) is 2.74. The molecule has 0 aliphatic heterocycles. The number of hydrogen-bond donors (Lipinski definition) is 1. The van der Waals surface area contributed by atoms with Gasteiger partial charge in [0.05, 0.1) is 19.1 Å². The van der Waals surface area contributed by atoms with Crippen LogP contribution < -0.4 is 9.50 Å². The van der Waals surface area contributed by atoms with Gasteiger partial charge in [-0.3, -0.25) is 10.1 Å². The number of esters is 1. The van der Waals surface area contributed by atoms with E-state index in [1.807, 2.05) is 0 Å². The van der Waals surface area contributed by atoms with Gasteiger partial charge >= 0.3 is 16.1 Å². The molecule has 10 heteroatoms. The molecular weight excluding hydrogens is 356 g/mol. The lowest BCUT2D eigenvalue weighted by Crippen LogP contribution is -2.12. The normalized spacial score (nSPS) is 10.9. The summed E-state index contributed by atoms with van der Waals surface area (Å²) >= 11 is 0.973. The molecule has 1 N–H and O–H groups in total. The van der Waals surface area contributed by atoms with Gasteiger partial charge in [0.1, 0.15) is 10.6 Å². The smallest absolute Gasteiger partial charge is 0.350 e. The fraction of sp³-hybridized carbons (Fsp3) is 0.214. The summed E-state index contributed by atoms with van der Waals surface area (Å²) in [4.78, 5) is 27.9. The van der Waals surface area contributed by atoms with Crippen molar-refractivity contribution >= 4 is 38.5 Å². The molecule has 2 aromatic rings. The molecule has 0 aliphatic rings. The predicted molar refractivity (Wildman–Crippen MR) is 87.9 cm³/mol. The molecule has 128 valence electrons. The van der Waals surface area contributed by atoms with Crippen molar-refractivity contribution in [2.24, 2.45) is 0 Å². The zero-order valence-corrected chi connectivity index (χ0v) is 14.4. The third kappa shape index (κ3) is 5.03. The zero-order chi connectivity index (χ0) is 17.7. The van der Waals surface area contributed by atoms with Crippen molar-refractivity contribution in [1.29, 1.82) is 0 Å². The molecule has 0 atom stereocenters. The largest absolute Gasteiger partial charge is 0.462 e. The second-order valence-electron chi connectivity index (χ2n) is 4.52. The van der Waals surface area contributed by atoms with Crippen LogP contribution in [0.3, 0.4) is 0 Å². The van der Waals surface area contributed by atoms with Gasteiger partial charge in [0, 0.05) is 5.56 Å². The summed E-state index contributed by atoms with van der Waals surface area (Å²) < 4.78 is 31.8. The van der Waals surface area contributed by atoms with Crippen LogP contribution in [0.2, 0.25) is 0 Å². The maximum atomic E-state index is 12.2. The highest BCUT2D eigenvalue weighted by Crippen LogP contribution is 2.21. The van der Waals surface area contributed by atoms with Crippen molar-refractivity contribution in [2.45, 2.75) is 6.92 Å². The van der Waals surface area contributed by atoms with Crippen molar-refractivity contribution in [3.63, 3.8) is 0 Å². The van der Waals surface area contributed by atoms with Crippen molar-refractivity contribution < 1.29 is 26.9 Å². The summed E-state index contributed by atoms with van der Waals surface area (Å²) in [5.41, 5.74) is 0.184. The Balaban J connectivity index is 2.10. The summed E-state index contributed by atoms with van der Waals surface area (Å²) in [6.07, 6.45) is 2.22. The van der Waals surface area contributed by atoms with E-state index in [1.165, 1.54) is 30.5 Å². The van der Waals surface area contributed by atoms with Gasteiger partial charge in [-0.15, -0.1) is 0 Å². The third-order valence-corrected chi connectivity index (χ3v) is 3.93. The summed E-state index contributed by atoms with van der Waals surface area (Å²) in [5.74, 6) is -1.01. The first kappa shape index (κ1) is 17.9. The van der Waals surface area contributed by atoms with Crippen molar-refractivity contribution in [1.82, 2.24) is 4.98 Å². The number of ether oxygens (including phenoxy) is 1. The third-order valence-electron chi connectivity index (χ3n) is 2.55. The minimum Gasteiger partial charge on any atom is -0.462 e. The van der Waals surface area contributed by atoms with Crippen LogP contribution in [0, 0.1) is 0 Å². The number of benzene rings is 1. The summed E-state index contributed by atoms with van der Waals surface area (Å²) in [6, 6.07) is 5.68. The second kappa shape index (κ2) is 7.41. The van der Waals surface area contributed by atoms with Gasteiger partial charge in [-0.1, -0.05) is 17.4 Å². The van der Waals surface area contributed by atoms with Gasteiger partial charge in [-0.05, 0) is 25.1 Å². The lowest BCUT2D eigenvalue weighted by atomic mass is 10.2. The Bertz CT molecular complexity index is 860. The van der Waals surface area contributed by atoms with Crippen LogP contribution in [0.1, 0.15) is 27.0 Å². The maximum absolute atomic E-state index is 12.2. The van der Waals surface area contributed by atoms with E-state index in [2.05, 4.69) is 10.3 Å². The van der Waals surface area contributed by atoms with Crippen LogP contribution in [-0.4, -0.2) is 38.1 Å². The number of carbonyl (C=O) groups excluding carboxylic acids is 2. The van der Waals surface area contributed by atoms with E-state index in [0.29, 0.717) is 0 Å². The van der Waals surface area contributed by atoms with Gasteiger partial charge in [0.2, 0.25) is 0 Å². The monoisotopic (exact) mass is 370 g/mol. The highest BCUT2D eigenvalue weighted by molar-refractivity contribution is 7.86. The molecule has 0 unspecified atom stereocenters. The number of anilines is 1. The molecule has 1 amide bonds. The molecule has 0 bridgehead atoms. The molecule has 0 fully saturated rings. The minimum absolute atomic E-state index is 0.0245. The molecule has 8 nitrogen and oxygen atoms in total. The standard InChI is InChI=1S/C14H14N2O6S2/c1-3-21-13(18)11-8-15-14(23-11)16-12(17)9-5-4-6-10(7-9)22-24(2,19)20/h4-8H,3H2,1-2H3,(H,15,16,17). The molecule has 0 saturated carbocycles. The van der Waals surface area contributed by atoms with Crippen LogP contribution in [0.4, 0.5) is 5.13 Å². The van der Waals surface area contributed by atoms with E-state index in [-0.39, 0.29) is 27.9 Å². The first-order chi connectivity index (χ1) is 11.3. The highest BCUT2D eigenvalue weighted by Gasteiger charge is 2.15. The number of amides is 1. The Kier molecular flexibility index (Phi) is 5.52. The summed E-state index contributed by atoms with van der Waals surface area (Å²) in [7, 11) is -3.68. The first-order valence-corrected chi connectivity index (χ1v) is 9.35. The van der Waals surface area contributed by atoms with Crippen molar-refractivity contribution in [3.8, 4) is 5.75 Å². The van der Waals surface area contributed by atoms with Crippen LogP contribution in [-0.2, 0) is 14.9 Å². The molecular formula is C14H14N2O6S2. The van der Waals surface area contributed by atoms with E-state index in [4.69, 9.17) is 8.92 Å². The molecule has 0 saturated heterocycles. The van der Waals surface area contributed by atoms with Gasteiger partial charge in [-0.2, -0.15) is 8.42 Å². The Morgan fingerprint density at radius 2 is 2.08 bits per heavy atom. The van der Waals surface area contributed by atoms with Gasteiger partial charge in [0.15, 0.2) is 5.13 Å². The van der Waals surface area contributed by atoms with E-state index < -0.39 is 22.0 Å². The molecule has 24 heavy (non-hydrogen) atoms. The Morgan fingerprint density at radius 1 is 1.33 bits per heavy atom. The molecule has 0 spiro atoms. The Hall–Kier alpha value is -2.46. The molecule has 0 radical (unpaired) electrons. The Morgan fingerprint density at radius 3 is 2.75 bits per heavy atom. The van der Waals surface area contributed by atoms with Crippen LogP contribution >= 0.6 is 11.3 Å². The van der Waals surface area contributed by atoms with Crippen LogP contribution in [0.5, 0.6) is 5.75 Å². The van der Waals surface area contributed by atoms with E-state index >= 15 is 0 Å². The number of thiazole rings is 1. The van der Waals surface area contributed by atoms with Gasteiger partial charge in [-0.25, -0.2) is 9.78 Å². The van der Waals surface area contributed by atoms with Gasteiger partial charge in [0.25, 0.3) is 5.91 Å². The first-order valence-electron chi connectivity index (χ1n) is 6.72. The van der Waals surface area contributed by atoms with Gasteiger partial charge < -0.3 is 8.92 Å². The predicted octanol–water partition coefficient (Wildman–Crippen LogP) is 1.91. The number of rotatable bonds is 6. The topological polar surface area (TPSA) is 112 Å². The average molecular weight is 370 g/mol. The minimum atomic E-state index is -3.68. The average Bonchev–Trinajstić information content (AvgIpc) is 2.94. The lowest BCUT2D eigenvalue weighted by molar-refractivity contribution is 0.0531. The lowest BCUT2D eigenvalue weighted by Gasteiger charge is -2.05. The number of nitrogens with zero attached hydrogens (tertiary/aromatic N) is 1. The fourth-order valence-corrected chi connectivity index (χ4v) is 2.82. The van der Waals surface area contributed by atoms with E-state index in [0.717, 1.165) is 17.6 Å². The fourth-order valence-electron chi connectivity index (χ4n) is 1.66. The molecule has 1 aromatic carbocycles. The quantitative estimate of drug-likeness (QED) is 0.610. The molecule has 0 aliphatic carbocycles. The molecule has 1 heterocycles. The summed E-state index contributed by atoms with van der Waals surface area (Å²) in [6.45, 7) is 1.93. The van der Waals surface area contributed by atoms with E-state index in [1.54, 1.807) is 6.92 Å². The molecule has 1 aromatic heterocycles. The number of nitrogens with one attached hydrogen (secondary N) is 1. The SMILES string of the molecule is CCOC(=O)c1cnc(NC(=O)c2cccc(OS(C)(=O)=O)c2)s1. The number of hydrogen-bond acceptors (Lipinski definition) is 8. The maximum Gasteiger partial charge on any atom is 0.350 e. The second-order valence-corrected chi connectivity index (χ2v) is 7.13. The zero-order valence-electron chi connectivity index (χ0n) is 12.8. The van der Waals surface area contributed by atoms with Crippen LogP contribution in [0.15, 0.2) is 30.5 Å².